The van der Waals surface area contributed by atoms with Crippen molar-refractivity contribution in [2.24, 2.45) is 11.8 Å². The van der Waals surface area contributed by atoms with Crippen molar-refractivity contribution in [3.63, 3.8) is 0 Å². The van der Waals surface area contributed by atoms with E-state index in [1.165, 1.54) is 49.8 Å². The average molecular weight is 287 g/mol. The molecule has 1 fully saturated rings. The van der Waals surface area contributed by atoms with E-state index in [0.29, 0.717) is 0 Å². The summed E-state index contributed by atoms with van der Waals surface area (Å²) in [6.07, 6.45) is 6.98. The summed E-state index contributed by atoms with van der Waals surface area (Å²) >= 11 is 0. The van der Waals surface area contributed by atoms with Crippen molar-refractivity contribution in [1.29, 1.82) is 0 Å². The number of hydrogen-bond donors (Lipinski definition) is 1. The summed E-state index contributed by atoms with van der Waals surface area (Å²) in [5.41, 5.74) is 4.44. The third kappa shape index (κ3) is 4.57. The van der Waals surface area contributed by atoms with E-state index in [1.54, 1.807) is 5.56 Å². The van der Waals surface area contributed by atoms with Gasteiger partial charge in [0.25, 0.3) is 0 Å². The molecule has 3 atom stereocenters. The fourth-order valence-corrected chi connectivity index (χ4v) is 4.20. The topological polar surface area (TPSA) is 12.0 Å². The minimum atomic E-state index is 0.757. The molecule has 1 aromatic rings. The van der Waals surface area contributed by atoms with E-state index < -0.39 is 0 Å². The highest BCUT2D eigenvalue weighted by Crippen LogP contribution is 2.42. The Hall–Kier alpha value is -0.820. The molecule has 2 rings (SSSR count). The standard InChI is InChI=1S/C20H33N/c1-5-7-17-8-9-18(14-21-6-2)20(13-17)19-11-15(3)10-16(4)12-19/h10-12,17-18,20-21H,5-9,13-14H2,1-4H3. The number of benzene rings is 1. The predicted molar refractivity (Wildman–Crippen MR) is 92.9 cm³/mol. The smallest absolute Gasteiger partial charge is 0.00148 e. The van der Waals surface area contributed by atoms with E-state index in [4.69, 9.17) is 0 Å². The Kier molecular flexibility index (Phi) is 6.29. The molecule has 1 saturated carbocycles. The molecule has 0 heterocycles. The molecule has 3 unspecified atom stereocenters. The van der Waals surface area contributed by atoms with Gasteiger partial charge in [0.15, 0.2) is 0 Å². The van der Waals surface area contributed by atoms with Crippen LogP contribution in [-0.4, -0.2) is 13.1 Å². The Balaban J connectivity index is 2.18. The van der Waals surface area contributed by atoms with Gasteiger partial charge in [-0.25, -0.2) is 0 Å². The fraction of sp³-hybridized carbons (Fsp3) is 0.700. The molecule has 1 heteroatoms. The average Bonchev–Trinajstić information content (AvgIpc) is 2.45. The first kappa shape index (κ1) is 16.5. The van der Waals surface area contributed by atoms with Gasteiger partial charge in [0, 0.05) is 0 Å². The number of hydrogen-bond acceptors (Lipinski definition) is 1. The highest BCUT2D eigenvalue weighted by molar-refractivity contribution is 5.31. The maximum absolute atomic E-state index is 3.59. The molecule has 118 valence electrons. The van der Waals surface area contributed by atoms with Crippen LogP contribution >= 0.6 is 0 Å². The summed E-state index contributed by atoms with van der Waals surface area (Å²) in [5, 5.41) is 3.59. The van der Waals surface area contributed by atoms with Crippen LogP contribution in [0.5, 0.6) is 0 Å². The fourth-order valence-electron chi connectivity index (χ4n) is 4.20. The van der Waals surface area contributed by atoms with Crippen LogP contribution < -0.4 is 5.32 Å². The van der Waals surface area contributed by atoms with Crippen LogP contribution in [0.3, 0.4) is 0 Å². The van der Waals surface area contributed by atoms with Crippen molar-refractivity contribution in [3.8, 4) is 0 Å². The Bertz CT molecular complexity index is 417. The molecule has 1 nitrogen and oxygen atoms in total. The lowest BCUT2D eigenvalue weighted by atomic mass is 9.69. The summed E-state index contributed by atoms with van der Waals surface area (Å²) in [7, 11) is 0. The van der Waals surface area contributed by atoms with Crippen molar-refractivity contribution >= 4 is 0 Å². The molecule has 1 N–H and O–H groups in total. The van der Waals surface area contributed by atoms with Crippen molar-refractivity contribution in [2.45, 2.75) is 65.7 Å². The summed E-state index contributed by atoms with van der Waals surface area (Å²) in [6, 6.07) is 7.17. The highest BCUT2D eigenvalue weighted by Gasteiger charge is 2.31. The van der Waals surface area contributed by atoms with Crippen molar-refractivity contribution in [2.75, 3.05) is 13.1 Å². The van der Waals surface area contributed by atoms with Gasteiger partial charge in [-0.2, -0.15) is 0 Å². The lowest BCUT2D eigenvalue weighted by molar-refractivity contribution is 0.221. The second-order valence-corrected chi connectivity index (χ2v) is 7.06. The lowest BCUT2D eigenvalue weighted by Crippen LogP contribution is -2.32. The molecule has 1 aromatic carbocycles. The molecule has 1 aliphatic carbocycles. The molecule has 0 amide bonds. The second-order valence-electron chi connectivity index (χ2n) is 7.06. The van der Waals surface area contributed by atoms with Crippen molar-refractivity contribution in [1.82, 2.24) is 5.32 Å². The first-order valence-electron chi connectivity index (χ1n) is 8.92. The summed E-state index contributed by atoms with van der Waals surface area (Å²) in [4.78, 5) is 0. The van der Waals surface area contributed by atoms with Gasteiger partial charge in [0.1, 0.15) is 0 Å². The summed E-state index contributed by atoms with van der Waals surface area (Å²) in [5.74, 6) is 2.52. The van der Waals surface area contributed by atoms with Gasteiger partial charge < -0.3 is 5.32 Å². The molecule has 0 spiro atoms. The number of nitrogens with one attached hydrogen (secondary N) is 1. The van der Waals surface area contributed by atoms with E-state index in [2.05, 4.69) is 51.2 Å². The van der Waals surface area contributed by atoms with Crippen molar-refractivity contribution in [3.05, 3.63) is 34.9 Å². The Morgan fingerprint density at radius 1 is 1.05 bits per heavy atom. The SMILES string of the molecule is CCCC1CCC(CNCC)C(c2cc(C)cc(C)c2)C1. The molecule has 0 saturated heterocycles. The van der Waals surface area contributed by atoms with E-state index in [1.807, 2.05) is 0 Å². The quantitative estimate of drug-likeness (QED) is 0.757. The molecule has 1 aliphatic rings. The van der Waals surface area contributed by atoms with Gasteiger partial charge >= 0.3 is 0 Å². The monoisotopic (exact) mass is 287 g/mol. The van der Waals surface area contributed by atoms with Crippen LogP contribution in [-0.2, 0) is 0 Å². The van der Waals surface area contributed by atoms with Gasteiger partial charge in [-0.15, -0.1) is 0 Å². The Morgan fingerprint density at radius 3 is 2.38 bits per heavy atom. The zero-order valence-corrected chi connectivity index (χ0v) is 14.4. The van der Waals surface area contributed by atoms with E-state index >= 15 is 0 Å². The maximum Gasteiger partial charge on any atom is -0.00148 e. The van der Waals surface area contributed by atoms with Gasteiger partial charge in [-0.1, -0.05) is 62.4 Å². The van der Waals surface area contributed by atoms with Crippen LogP contribution in [0.2, 0.25) is 0 Å². The molecule has 0 bridgehead atoms. The van der Waals surface area contributed by atoms with Crippen LogP contribution in [0.4, 0.5) is 0 Å². The molecular weight excluding hydrogens is 254 g/mol. The van der Waals surface area contributed by atoms with Crippen LogP contribution in [0, 0.1) is 25.7 Å². The third-order valence-corrected chi connectivity index (χ3v) is 5.13. The van der Waals surface area contributed by atoms with Crippen molar-refractivity contribution < 1.29 is 0 Å². The van der Waals surface area contributed by atoms with Crippen LogP contribution in [0.1, 0.15) is 68.6 Å². The molecular formula is C20H33N. The zero-order valence-electron chi connectivity index (χ0n) is 14.4. The number of rotatable bonds is 6. The Morgan fingerprint density at radius 2 is 1.76 bits per heavy atom. The van der Waals surface area contributed by atoms with Crippen LogP contribution in [0.15, 0.2) is 18.2 Å². The molecule has 21 heavy (non-hydrogen) atoms. The van der Waals surface area contributed by atoms with Gasteiger partial charge in [0.2, 0.25) is 0 Å². The van der Waals surface area contributed by atoms with E-state index in [9.17, 15) is 0 Å². The molecule has 0 radical (unpaired) electrons. The van der Waals surface area contributed by atoms with Gasteiger partial charge in [-0.3, -0.25) is 0 Å². The van der Waals surface area contributed by atoms with E-state index in [0.717, 1.165) is 24.3 Å². The first-order valence-corrected chi connectivity index (χ1v) is 8.92. The number of aryl methyl sites for hydroxylation is 2. The van der Waals surface area contributed by atoms with Crippen LogP contribution in [0.25, 0.3) is 0 Å². The maximum atomic E-state index is 3.59. The largest absolute Gasteiger partial charge is 0.317 e. The summed E-state index contributed by atoms with van der Waals surface area (Å²) < 4.78 is 0. The zero-order chi connectivity index (χ0) is 15.2. The summed E-state index contributed by atoms with van der Waals surface area (Å²) in [6.45, 7) is 11.3. The Labute approximate surface area is 131 Å². The molecule has 0 aliphatic heterocycles. The second kappa shape index (κ2) is 7.98. The normalized spacial score (nSPS) is 26.0. The predicted octanol–water partition coefficient (Wildman–Crippen LogP) is 5.21. The highest BCUT2D eigenvalue weighted by atomic mass is 14.8. The van der Waals surface area contributed by atoms with Gasteiger partial charge in [-0.05, 0) is 63.1 Å². The third-order valence-electron chi connectivity index (χ3n) is 5.13. The van der Waals surface area contributed by atoms with E-state index in [-0.39, 0.29) is 0 Å². The lowest BCUT2D eigenvalue weighted by Gasteiger charge is -2.37. The minimum Gasteiger partial charge on any atom is -0.317 e. The first-order chi connectivity index (χ1) is 10.1. The minimum absolute atomic E-state index is 0.757. The van der Waals surface area contributed by atoms with Gasteiger partial charge in [0.05, 0.1) is 0 Å². The molecule has 0 aromatic heterocycles.